The van der Waals surface area contributed by atoms with E-state index in [1.165, 1.54) is 6.07 Å². The molecule has 7 heteroatoms. The first kappa shape index (κ1) is 25.3. The summed E-state index contributed by atoms with van der Waals surface area (Å²) in [6, 6.07) is 10.5. The van der Waals surface area contributed by atoms with Gasteiger partial charge < -0.3 is 24.8 Å². The Morgan fingerprint density at radius 3 is 2.56 bits per heavy atom. The van der Waals surface area contributed by atoms with Crippen LogP contribution >= 0.6 is 0 Å². The van der Waals surface area contributed by atoms with Crippen molar-refractivity contribution in [3.05, 3.63) is 66.1 Å². The fraction of sp³-hybridized carbons (Fsp3) is 0.370. The number of aliphatic hydroxyl groups excluding tert-OH is 1. The molecule has 0 saturated carbocycles. The van der Waals surface area contributed by atoms with Gasteiger partial charge in [0.25, 0.3) is 0 Å². The number of halogens is 1. The van der Waals surface area contributed by atoms with Gasteiger partial charge in [0, 0.05) is 30.4 Å². The standard InChI is InChI=1S/C27H33FN2O4/c1-5-15-34-24-12-11-23(28)25-18(3)22(20-7-9-21(33-4)10-8-20)16-30(26(24)25)14-13-29-27(32)19(6-2)17-31/h7-12,16,19,31H,3,5-6,13-15,17H2,1-2,4H3,(H,29,32). The number of carbonyl (C=O) groups excluding carboxylic acids is 1. The fourth-order valence-corrected chi connectivity index (χ4v) is 3.92. The summed E-state index contributed by atoms with van der Waals surface area (Å²) in [6.07, 6.45) is 3.28. The van der Waals surface area contributed by atoms with Crippen molar-refractivity contribution < 1.29 is 23.8 Å². The molecule has 2 aromatic rings. The third kappa shape index (κ3) is 5.42. The van der Waals surface area contributed by atoms with Crippen molar-refractivity contribution in [1.29, 1.82) is 0 Å². The molecule has 3 rings (SSSR count). The Kier molecular flexibility index (Phi) is 8.71. The lowest BCUT2D eigenvalue weighted by atomic mass is 9.89. The van der Waals surface area contributed by atoms with Gasteiger partial charge in [-0.3, -0.25) is 4.79 Å². The molecule has 0 saturated heterocycles. The van der Waals surface area contributed by atoms with Crippen LogP contribution in [0, 0.1) is 11.7 Å². The molecule has 2 aromatic carbocycles. The summed E-state index contributed by atoms with van der Waals surface area (Å²) < 4.78 is 26.4. The van der Waals surface area contributed by atoms with Crippen molar-refractivity contribution in [2.75, 3.05) is 38.3 Å². The molecule has 1 amide bonds. The highest BCUT2D eigenvalue weighted by Gasteiger charge is 2.28. The number of benzene rings is 2. The molecule has 1 heterocycles. The molecule has 0 bridgehead atoms. The Morgan fingerprint density at radius 2 is 1.94 bits per heavy atom. The molecule has 1 unspecified atom stereocenters. The first-order valence-corrected chi connectivity index (χ1v) is 11.6. The number of nitrogens with one attached hydrogen (secondary N) is 1. The molecule has 1 aliphatic heterocycles. The fourth-order valence-electron chi connectivity index (χ4n) is 3.92. The van der Waals surface area contributed by atoms with E-state index in [4.69, 9.17) is 9.47 Å². The summed E-state index contributed by atoms with van der Waals surface area (Å²) in [4.78, 5) is 14.2. The van der Waals surface area contributed by atoms with Crippen LogP contribution in [0.5, 0.6) is 11.5 Å². The van der Waals surface area contributed by atoms with Crippen molar-refractivity contribution in [3.8, 4) is 11.5 Å². The first-order valence-electron chi connectivity index (χ1n) is 11.6. The first-order chi connectivity index (χ1) is 16.4. The number of fused-ring (bicyclic) bond motifs is 1. The van der Waals surface area contributed by atoms with Gasteiger partial charge in [-0.05, 0) is 48.2 Å². The van der Waals surface area contributed by atoms with Gasteiger partial charge in [-0.15, -0.1) is 0 Å². The zero-order chi connectivity index (χ0) is 24.7. The smallest absolute Gasteiger partial charge is 0.225 e. The molecular formula is C27H33FN2O4. The Bertz CT molecular complexity index is 1050. The molecule has 0 spiro atoms. The number of hydrogen-bond donors (Lipinski definition) is 2. The summed E-state index contributed by atoms with van der Waals surface area (Å²) >= 11 is 0. The van der Waals surface area contributed by atoms with E-state index in [1.54, 1.807) is 13.2 Å². The van der Waals surface area contributed by atoms with E-state index in [0.29, 0.717) is 48.7 Å². The Morgan fingerprint density at radius 1 is 1.21 bits per heavy atom. The van der Waals surface area contributed by atoms with Crippen LogP contribution in [0.25, 0.3) is 11.1 Å². The zero-order valence-corrected chi connectivity index (χ0v) is 20.1. The van der Waals surface area contributed by atoms with Crippen LogP contribution in [0.4, 0.5) is 10.1 Å². The van der Waals surface area contributed by atoms with Gasteiger partial charge in [-0.2, -0.15) is 0 Å². The topological polar surface area (TPSA) is 71.0 Å². The van der Waals surface area contributed by atoms with E-state index >= 15 is 4.39 Å². The molecule has 0 radical (unpaired) electrons. The highest BCUT2D eigenvalue weighted by molar-refractivity contribution is 6.10. The van der Waals surface area contributed by atoms with Gasteiger partial charge in [0.1, 0.15) is 17.3 Å². The summed E-state index contributed by atoms with van der Waals surface area (Å²) in [5.41, 5.74) is 3.19. The number of rotatable bonds is 11. The molecule has 182 valence electrons. The van der Waals surface area contributed by atoms with Crippen molar-refractivity contribution in [1.82, 2.24) is 5.32 Å². The van der Waals surface area contributed by atoms with Crippen molar-refractivity contribution in [2.45, 2.75) is 26.7 Å². The second-order valence-electron chi connectivity index (χ2n) is 8.14. The maximum absolute atomic E-state index is 15.2. The third-order valence-electron chi connectivity index (χ3n) is 5.89. The van der Waals surface area contributed by atoms with E-state index < -0.39 is 5.92 Å². The molecule has 1 aliphatic rings. The van der Waals surface area contributed by atoms with Gasteiger partial charge in [0.2, 0.25) is 5.91 Å². The second-order valence-corrected chi connectivity index (χ2v) is 8.14. The Balaban J connectivity index is 1.98. The molecule has 2 N–H and O–H groups in total. The number of ether oxygens (including phenoxy) is 2. The summed E-state index contributed by atoms with van der Waals surface area (Å²) in [6.45, 7) is 9.08. The van der Waals surface area contributed by atoms with Crippen molar-refractivity contribution >= 4 is 22.7 Å². The number of carbonyl (C=O) groups is 1. The van der Waals surface area contributed by atoms with Gasteiger partial charge in [-0.1, -0.05) is 32.6 Å². The number of allylic oxidation sites excluding steroid dienone is 2. The summed E-state index contributed by atoms with van der Waals surface area (Å²) in [5, 5.41) is 12.3. The third-order valence-corrected chi connectivity index (χ3v) is 5.89. The highest BCUT2D eigenvalue weighted by Crippen LogP contribution is 2.46. The molecule has 0 aliphatic carbocycles. The van der Waals surface area contributed by atoms with Gasteiger partial charge in [0.05, 0.1) is 31.9 Å². The Hall–Kier alpha value is -3.32. The predicted molar refractivity (Wildman–Crippen MR) is 133 cm³/mol. The van der Waals surface area contributed by atoms with Crippen LogP contribution in [0.15, 0.2) is 49.2 Å². The summed E-state index contributed by atoms with van der Waals surface area (Å²) in [7, 11) is 1.60. The highest BCUT2D eigenvalue weighted by atomic mass is 19.1. The maximum Gasteiger partial charge on any atom is 0.225 e. The minimum atomic E-state index is -0.445. The minimum absolute atomic E-state index is 0.198. The van der Waals surface area contributed by atoms with Crippen LogP contribution in [0.2, 0.25) is 0 Å². The molecule has 1 atom stereocenters. The van der Waals surface area contributed by atoms with E-state index in [0.717, 1.165) is 23.3 Å². The Labute approximate surface area is 200 Å². The van der Waals surface area contributed by atoms with Crippen LogP contribution < -0.4 is 19.7 Å². The largest absolute Gasteiger partial charge is 0.497 e. The van der Waals surface area contributed by atoms with Crippen LogP contribution in [-0.2, 0) is 4.79 Å². The number of hydrogen-bond acceptors (Lipinski definition) is 5. The lowest BCUT2D eigenvalue weighted by molar-refractivity contribution is -0.126. The van der Waals surface area contributed by atoms with Crippen LogP contribution in [0.1, 0.15) is 37.8 Å². The maximum atomic E-state index is 15.2. The van der Waals surface area contributed by atoms with Crippen LogP contribution in [-0.4, -0.2) is 44.4 Å². The average Bonchev–Trinajstić information content (AvgIpc) is 2.85. The number of aliphatic hydroxyl groups is 1. The second kappa shape index (κ2) is 11.7. The SMILES string of the molecule is C=C1C(c2ccc(OC)cc2)=CN(CCNC(=O)C(CC)CO)c2c(OCCC)ccc(F)c21. The lowest BCUT2D eigenvalue weighted by Gasteiger charge is -2.33. The van der Waals surface area contributed by atoms with Crippen LogP contribution in [0.3, 0.4) is 0 Å². The lowest BCUT2D eigenvalue weighted by Crippen LogP contribution is -2.38. The monoisotopic (exact) mass is 468 g/mol. The normalized spacial score (nSPS) is 13.7. The van der Waals surface area contributed by atoms with Crippen molar-refractivity contribution in [3.63, 3.8) is 0 Å². The van der Waals surface area contributed by atoms with Gasteiger partial charge in [0.15, 0.2) is 0 Å². The minimum Gasteiger partial charge on any atom is -0.497 e. The number of anilines is 1. The van der Waals surface area contributed by atoms with Gasteiger partial charge >= 0.3 is 0 Å². The quantitative estimate of drug-likeness (QED) is 0.503. The van der Waals surface area contributed by atoms with Gasteiger partial charge in [-0.25, -0.2) is 4.39 Å². The molecule has 0 aromatic heterocycles. The van der Waals surface area contributed by atoms with Crippen molar-refractivity contribution in [2.24, 2.45) is 5.92 Å². The summed E-state index contributed by atoms with van der Waals surface area (Å²) in [5.74, 6) is 0.259. The van der Waals surface area contributed by atoms with E-state index in [9.17, 15) is 9.90 Å². The number of methoxy groups -OCH3 is 1. The number of amides is 1. The van der Waals surface area contributed by atoms with E-state index in [-0.39, 0.29) is 18.3 Å². The van der Waals surface area contributed by atoms with E-state index in [1.807, 2.05) is 49.2 Å². The number of nitrogens with zero attached hydrogens (tertiary/aromatic N) is 1. The molecular weight excluding hydrogens is 435 g/mol. The molecule has 6 nitrogen and oxygen atoms in total. The zero-order valence-electron chi connectivity index (χ0n) is 20.1. The average molecular weight is 469 g/mol. The molecule has 34 heavy (non-hydrogen) atoms. The van der Waals surface area contributed by atoms with E-state index in [2.05, 4.69) is 11.9 Å². The molecule has 0 fully saturated rings. The predicted octanol–water partition coefficient (Wildman–Crippen LogP) is 4.63.